The van der Waals surface area contributed by atoms with Gasteiger partial charge in [0.15, 0.2) is 0 Å². The third-order valence-electron chi connectivity index (χ3n) is 6.87. The molecule has 1 aliphatic rings. The highest BCUT2D eigenvalue weighted by atomic mass is 32.1. The Balaban J connectivity index is 1.22. The van der Waals surface area contributed by atoms with Crippen molar-refractivity contribution >= 4 is 39.0 Å². The molecule has 1 aromatic carbocycles. The first kappa shape index (κ1) is 26.9. The maximum absolute atomic E-state index is 13.9. The minimum atomic E-state index is -4.68. The summed E-state index contributed by atoms with van der Waals surface area (Å²) >= 11 is 0.766. The maximum atomic E-state index is 13.9. The third-order valence-corrected chi connectivity index (χ3v) is 7.98. The molecule has 0 radical (unpaired) electrons. The molecule has 1 fully saturated rings. The summed E-state index contributed by atoms with van der Waals surface area (Å²) in [4.78, 5) is 22.1. The number of nitrogen functional groups attached to an aromatic ring is 1. The van der Waals surface area contributed by atoms with Gasteiger partial charge >= 0.3 is 6.18 Å². The number of hydrogen-bond acceptors (Lipinski definition) is 8. The molecule has 204 valence electrons. The first-order valence-electron chi connectivity index (χ1n) is 12.4. The van der Waals surface area contributed by atoms with Crippen molar-refractivity contribution in [2.24, 2.45) is 5.73 Å². The second-order valence-corrected chi connectivity index (χ2v) is 10.4. The fourth-order valence-corrected chi connectivity index (χ4v) is 5.74. The number of nitrogens with two attached hydrogens (primary N) is 2. The van der Waals surface area contributed by atoms with Gasteiger partial charge in [-0.3, -0.25) is 9.78 Å². The summed E-state index contributed by atoms with van der Waals surface area (Å²) in [6.07, 6.45) is -2.45. The molecule has 39 heavy (non-hydrogen) atoms. The number of carbonyl (C=O) groups is 1. The number of halogens is 3. The number of benzene rings is 1. The van der Waals surface area contributed by atoms with E-state index in [-0.39, 0.29) is 32.6 Å². The van der Waals surface area contributed by atoms with Crippen molar-refractivity contribution in [3.8, 4) is 11.1 Å². The predicted molar refractivity (Wildman–Crippen MR) is 145 cm³/mol. The van der Waals surface area contributed by atoms with Gasteiger partial charge in [-0.05, 0) is 30.5 Å². The van der Waals surface area contributed by atoms with Crippen molar-refractivity contribution in [2.75, 3.05) is 30.3 Å². The topological polar surface area (TPSA) is 130 Å². The maximum Gasteiger partial charge on any atom is 0.417 e. The number of nitrogens with zero attached hydrogens (tertiary/aromatic N) is 3. The molecule has 1 saturated heterocycles. The molecule has 1 unspecified atom stereocenters. The number of anilines is 2. The summed E-state index contributed by atoms with van der Waals surface area (Å²) in [6, 6.07) is 14.6. The molecule has 8 nitrogen and oxygen atoms in total. The van der Waals surface area contributed by atoms with Crippen LogP contribution in [0, 0.1) is 0 Å². The lowest BCUT2D eigenvalue weighted by Crippen LogP contribution is -2.44. The lowest BCUT2D eigenvalue weighted by atomic mass is 10.0. The van der Waals surface area contributed by atoms with Gasteiger partial charge in [0.2, 0.25) is 0 Å². The zero-order chi connectivity index (χ0) is 27.7. The van der Waals surface area contributed by atoms with Gasteiger partial charge in [0, 0.05) is 42.8 Å². The number of piperidine rings is 1. The van der Waals surface area contributed by atoms with Gasteiger partial charge in [-0.2, -0.15) is 13.2 Å². The third kappa shape index (κ3) is 5.68. The second-order valence-electron chi connectivity index (χ2n) is 9.44. The molecule has 4 aromatic rings. The molecule has 1 amide bonds. The van der Waals surface area contributed by atoms with Crippen molar-refractivity contribution in [1.82, 2.24) is 15.3 Å². The van der Waals surface area contributed by atoms with E-state index >= 15 is 0 Å². The number of aromatic nitrogens is 2. The zero-order valence-electron chi connectivity index (χ0n) is 20.8. The van der Waals surface area contributed by atoms with Crippen LogP contribution in [0.2, 0.25) is 0 Å². The summed E-state index contributed by atoms with van der Waals surface area (Å²) in [6.45, 7) is 1.24. The average molecular weight is 557 g/mol. The molecule has 3 aromatic heterocycles. The SMILES string of the molecule is NC(=O)c1sc2nc(N3CCC(NCC(O)c4ccc(-c5ccccc5)cn4)CC3)cc(C(F)(F)F)c2c1N. The Morgan fingerprint density at radius 3 is 2.49 bits per heavy atom. The van der Waals surface area contributed by atoms with Crippen molar-refractivity contribution in [3.05, 3.63) is 70.9 Å². The Bertz CT molecular complexity index is 1470. The zero-order valence-corrected chi connectivity index (χ0v) is 21.6. The fraction of sp³-hybridized carbons (Fsp3) is 0.296. The lowest BCUT2D eigenvalue weighted by molar-refractivity contribution is -0.136. The molecule has 0 aliphatic carbocycles. The van der Waals surface area contributed by atoms with E-state index in [0.717, 1.165) is 28.5 Å². The standard InChI is InChI=1S/C27H27F3N6O2S/c28-27(29,30)18-12-21(35-26-22(18)23(31)24(39-26)25(32)38)36-10-8-17(9-11-36)33-14-20(37)19-7-6-16(13-34-19)15-4-2-1-3-5-15/h1-7,12-13,17,20,33,37H,8-11,14,31H2,(H2,32,38). The van der Waals surface area contributed by atoms with Crippen molar-refractivity contribution in [3.63, 3.8) is 0 Å². The number of aliphatic hydroxyl groups is 1. The molecule has 0 bridgehead atoms. The Morgan fingerprint density at radius 2 is 1.87 bits per heavy atom. The number of fused-ring (bicyclic) bond motifs is 1. The smallest absolute Gasteiger partial charge is 0.397 e. The van der Waals surface area contributed by atoms with Gasteiger partial charge < -0.3 is 26.8 Å². The summed E-state index contributed by atoms with van der Waals surface area (Å²) in [5.74, 6) is -0.713. The largest absolute Gasteiger partial charge is 0.417 e. The normalized spacial score (nSPS) is 15.5. The Morgan fingerprint density at radius 1 is 1.15 bits per heavy atom. The van der Waals surface area contributed by atoms with Gasteiger partial charge in [-0.1, -0.05) is 36.4 Å². The minimum absolute atomic E-state index is 0.0280. The number of thiophene rings is 1. The number of pyridine rings is 2. The van der Waals surface area contributed by atoms with E-state index in [0.29, 0.717) is 38.2 Å². The van der Waals surface area contributed by atoms with Gasteiger partial charge in [0.1, 0.15) is 21.6 Å². The van der Waals surface area contributed by atoms with Crippen LogP contribution in [0.25, 0.3) is 21.3 Å². The number of aliphatic hydroxyl groups excluding tert-OH is 1. The Hall–Kier alpha value is -3.74. The quantitative estimate of drug-likeness (QED) is 0.266. The van der Waals surface area contributed by atoms with E-state index < -0.39 is 23.8 Å². The van der Waals surface area contributed by atoms with Crippen LogP contribution in [0.3, 0.4) is 0 Å². The van der Waals surface area contributed by atoms with E-state index in [1.54, 1.807) is 17.2 Å². The van der Waals surface area contributed by atoms with Crippen LogP contribution < -0.4 is 21.7 Å². The second kappa shape index (κ2) is 10.8. The van der Waals surface area contributed by atoms with E-state index in [1.807, 2.05) is 36.4 Å². The van der Waals surface area contributed by atoms with Crippen molar-refractivity contribution < 1.29 is 23.1 Å². The number of primary amides is 1. The minimum Gasteiger partial charge on any atom is -0.397 e. The summed E-state index contributed by atoms with van der Waals surface area (Å²) in [7, 11) is 0. The number of alkyl halides is 3. The Labute approximate surface area is 226 Å². The van der Waals surface area contributed by atoms with Crippen LogP contribution in [0.5, 0.6) is 0 Å². The van der Waals surface area contributed by atoms with E-state index in [1.165, 1.54) is 0 Å². The lowest BCUT2D eigenvalue weighted by Gasteiger charge is -2.34. The van der Waals surface area contributed by atoms with Crippen LogP contribution in [0.4, 0.5) is 24.7 Å². The molecular weight excluding hydrogens is 529 g/mol. The monoisotopic (exact) mass is 556 g/mol. The van der Waals surface area contributed by atoms with Crippen LogP contribution in [0.1, 0.15) is 39.9 Å². The first-order valence-corrected chi connectivity index (χ1v) is 13.2. The molecule has 1 aliphatic heterocycles. The van der Waals surface area contributed by atoms with E-state index in [9.17, 15) is 23.1 Å². The Kier molecular flexibility index (Phi) is 7.43. The molecule has 0 saturated carbocycles. The molecule has 12 heteroatoms. The first-order chi connectivity index (χ1) is 18.6. The number of rotatable bonds is 7. The summed E-state index contributed by atoms with van der Waals surface area (Å²) in [5, 5.41) is 13.7. The van der Waals surface area contributed by atoms with Gasteiger partial charge in [0.25, 0.3) is 5.91 Å². The molecule has 6 N–H and O–H groups in total. The summed E-state index contributed by atoms with van der Waals surface area (Å²) in [5.41, 5.74) is 12.5. The molecular formula is C27H27F3N6O2S. The van der Waals surface area contributed by atoms with E-state index in [4.69, 9.17) is 11.5 Å². The predicted octanol–water partition coefficient (Wildman–Crippen LogP) is 4.35. The molecule has 4 heterocycles. The van der Waals surface area contributed by atoms with Crippen LogP contribution in [-0.2, 0) is 6.18 Å². The van der Waals surface area contributed by atoms with Crippen LogP contribution in [0.15, 0.2) is 54.7 Å². The van der Waals surface area contributed by atoms with Crippen LogP contribution >= 0.6 is 11.3 Å². The number of hydrogen-bond donors (Lipinski definition) is 4. The van der Waals surface area contributed by atoms with Crippen molar-refractivity contribution in [2.45, 2.75) is 31.2 Å². The highest BCUT2D eigenvalue weighted by Crippen LogP contribution is 2.43. The van der Waals surface area contributed by atoms with Gasteiger partial charge in [-0.25, -0.2) is 4.98 Å². The molecule has 1 atom stereocenters. The highest BCUT2D eigenvalue weighted by molar-refractivity contribution is 7.21. The van der Waals surface area contributed by atoms with Crippen LogP contribution in [-0.4, -0.2) is 46.7 Å². The number of carbonyl (C=O) groups excluding carboxylic acids is 1. The van der Waals surface area contributed by atoms with Gasteiger partial charge in [-0.15, -0.1) is 11.3 Å². The number of nitrogens with one attached hydrogen (secondary N) is 1. The van der Waals surface area contributed by atoms with Crippen molar-refractivity contribution in [1.29, 1.82) is 0 Å². The molecule has 5 rings (SSSR count). The molecule has 0 spiro atoms. The van der Waals surface area contributed by atoms with Gasteiger partial charge in [0.05, 0.1) is 16.9 Å². The fourth-order valence-electron chi connectivity index (χ4n) is 4.78. The average Bonchev–Trinajstić information content (AvgIpc) is 3.28. The highest BCUT2D eigenvalue weighted by Gasteiger charge is 2.37. The number of amides is 1. The summed E-state index contributed by atoms with van der Waals surface area (Å²) < 4.78 is 41.7. The van der Waals surface area contributed by atoms with E-state index in [2.05, 4.69) is 15.3 Å².